The molecule has 0 radical (unpaired) electrons. The van der Waals surface area contributed by atoms with E-state index in [1.54, 1.807) is 6.20 Å². The van der Waals surface area contributed by atoms with Crippen molar-refractivity contribution in [3.05, 3.63) is 15.9 Å². The molecule has 1 aromatic rings. The quantitative estimate of drug-likeness (QED) is 0.641. The topological polar surface area (TPSA) is 57.9 Å². The van der Waals surface area contributed by atoms with Crippen LogP contribution in [0.15, 0.2) is 6.20 Å². The summed E-state index contributed by atoms with van der Waals surface area (Å²) in [4.78, 5) is 12.7. The van der Waals surface area contributed by atoms with E-state index in [1.165, 1.54) is 15.9 Å². The van der Waals surface area contributed by atoms with E-state index in [2.05, 4.69) is 21.2 Å². The van der Waals surface area contributed by atoms with Crippen LogP contribution >= 0.6 is 27.3 Å². The number of carbonyl (C=O) groups is 1. The Morgan fingerprint density at radius 3 is 3.00 bits per heavy atom. The van der Waals surface area contributed by atoms with Crippen LogP contribution in [0.5, 0.6) is 0 Å². The molecule has 0 aliphatic rings. The molecule has 2 N–H and O–H groups in total. The van der Waals surface area contributed by atoms with Crippen LogP contribution in [-0.2, 0) is 0 Å². The summed E-state index contributed by atoms with van der Waals surface area (Å²) in [6, 6.07) is -0.222. The van der Waals surface area contributed by atoms with E-state index in [1.807, 2.05) is 6.92 Å². The fourth-order valence-electron chi connectivity index (χ4n) is 0.967. The van der Waals surface area contributed by atoms with E-state index in [0.29, 0.717) is 6.54 Å². The third-order valence-electron chi connectivity index (χ3n) is 1.59. The molecule has 0 spiro atoms. The molecule has 0 saturated carbocycles. The van der Waals surface area contributed by atoms with Crippen molar-refractivity contribution in [1.82, 2.24) is 9.88 Å². The average molecular weight is 278 g/mol. The third kappa shape index (κ3) is 2.95. The molecule has 1 rings (SSSR count). The number of nitrogens with zero attached hydrogens (tertiary/aromatic N) is 1. The predicted octanol–water partition coefficient (Wildman–Crippen LogP) is 1.68. The number of amides is 1. The van der Waals surface area contributed by atoms with Gasteiger partial charge in [0.25, 0.3) is 0 Å². The maximum absolute atomic E-state index is 11.5. The van der Waals surface area contributed by atoms with Crippen molar-refractivity contribution in [1.29, 1.82) is 5.41 Å². The van der Waals surface area contributed by atoms with E-state index in [4.69, 9.17) is 5.41 Å². The van der Waals surface area contributed by atoms with Gasteiger partial charge in [-0.25, -0.2) is 9.36 Å². The summed E-state index contributed by atoms with van der Waals surface area (Å²) < 4.78 is 1.33. The minimum atomic E-state index is -0.222. The molecule has 4 nitrogen and oxygen atoms in total. The normalized spacial score (nSPS) is 10.1. The van der Waals surface area contributed by atoms with Gasteiger partial charge in [0.15, 0.2) is 4.80 Å². The molecule has 6 heteroatoms. The Hall–Kier alpha value is -0.620. The number of thiazole rings is 1. The molecule has 1 heterocycles. The van der Waals surface area contributed by atoms with E-state index in [0.717, 1.165) is 16.6 Å². The SMILES string of the molecule is Cc1cn(C(=O)NCCCBr)c(=N)s1. The van der Waals surface area contributed by atoms with Crippen molar-refractivity contribution in [2.75, 3.05) is 11.9 Å². The van der Waals surface area contributed by atoms with E-state index in [9.17, 15) is 4.79 Å². The van der Waals surface area contributed by atoms with E-state index >= 15 is 0 Å². The first kappa shape index (κ1) is 11.5. The first-order chi connectivity index (χ1) is 6.65. The Kier molecular flexibility index (Phi) is 4.34. The number of aryl methyl sites for hydroxylation is 1. The number of hydrogen-bond donors (Lipinski definition) is 2. The molecule has 1 amide bonds. The van der Waals surface area contributed by atoms with Gasteiger partial charge in [0.05, 0.1) is 0 Å². The van der Waals surface area contributed by atoms with E-state index in [-0.39, 0.29) is 10.8 Å². The van der Waals surface area contributed by atoms with Crippen LogP contribution < -0.4 is 10.1 Å². The van der Waals surface area contributed by atoms with Gasteiger partial charge in [0.2, 0.25) is 0 Å². The summed E-state index contributed by atoms with van der Waals surface area (Å²) in [5.41, 5.74) is 0. The average Bonchev–Trinajstić information content (AvgIpc) is 2.45. The largest absolute Gasteiger partial charge is 0.337 e. The monoisotopic (exact) mass is 277 g/mol. The second-order valence-corrected chi connectivity index (χ2v) is 4.82. The van der Waals surface area contributed by atoms with Gasteiger partial charge < -0.3 is 5.32 Å². The lowest BCUT2D eigenvalue weighted by Gasteiger charge is -2.03. The molecular formula is C8H12BrN3OS. The summed E-state index contributed by atoms with van der Waals surface area (Å²) in [5.74, 6) is 0. The van der Waals surface area contributed by atoms with Crippen LogP contribution in [0.4, 0.5) is 4.79 Å². The Morgan fingerprint density at radius 2 is 2.50 bits per heavy atom. The zero-order chi connectivity index (χ0) is 10.6. The summed E-state index contributed by atoms with van der Waals surface area (Å²) in [7, 11) is 0. The van der Waals surface area contributed by atoms with Gasteiger partial charge >= 0.3 is 6.03 Å². The molecule has 0 saturated heterocycles. The Morgan fingerprint density at radius 1 is 1.79 bits per heavy atom. The van der Waals surface area contributed by atoms with Gasteiger partial charge in [-0.05, 0) is 13.3 Å². The number of hydrogen-bond acceptors (Lipinski definition) is 3. The minimum absolute atomic E-state index is 0.222. The molecule has 0 bridgehead atoms. The maximum Gasteiger partial charge on any atom is 0.327 e. The van der Waals surface area contributed by atoms with Crippen molar-refractivity contribution >= 4 is 33.3 Å². The molecule has 1 aromatic heterocycles. The first-order valence-corrected chi connectivity index (χ1v) is 6.17. The Bertz CT molecular complexity index is 371. The number of alkyl halides is 1. The molecule has 0 aromatic carbocycles. The fourth-order valence-corrected chi connectivity index (χ4v) is 1.94. The highest BCUT2D eigenvalue weighted by molar-refractivity contribution is 9.09. The van der Waals surface area contributed by atoms with Crippen LogP contribution in [0.2, 0.25) is 0 Å². The summed E-state index contributed by atoms with van der Waals surface area (Å²) in [6.45, 7) is 2.51. The van der Waals surface area contributed by atoms with Gasteiger partial charge in [0, 0.05) is 22.9 Å². The van der Waals surface area contributed by atoms with Crippen LogP contribution in [0.1, 0.15) is 11.3 Å². The molecule has 0 unspecified atom stereocenters. The Labute approximate surface area is 94.6 Å². The lowest BCUT2D eigenvalue weighted by atomic mass is 10.5. The minimum Gasteiger partial charge on any atom is -0.337 e. The smallest absolute Gasteiger partial charge is 0.327 e. The lowest BCUT2D eigenvalue weighted by Crippen LogP contribution is -2.34. The zero-order valence-corrected chi connectivity index (χ0v) is 10.2. The van der Waals surface area contributed by atoms with Crippen molar-refractivity contribution in [3.63, 3.8) is 0 Å². The molecule has 14 heavy (non-hydrogen) atoms. The van der Waals surface area contributed by atoms with Gasteiger partial charge in [-0.15, -0.1) is 11.3 Å². The number of aromatic nitrogens is 1. The van der Waals surface area contributed by atoms with Crippen LogP contribution in [0.3, 0.4) is 0 Å². The van der Waals surface area contributed by atoms with Crippen LogP contribution in [0, 0.1) is 12.3 Å². The first-order valence-electron chi connectivity index (χ1n) is 4.23. The summed E-state index contributed by atoms with van der Waals surface area (Å²) >= 11 is 4.58. The fraction of sp³-hybridized carbons (Fsp3) is 0.500. The number of halogens is 1. The van der Waals surface area contributed by atoms with Crippen molar-refractivity contribution in [3.8, 4) is 0 Å². The summed E-state index contributed by atoms with van der Waals surface area (Å²) in [6.07, 6.45) is 2.57. The molecule has 78 valence electrons. The highest BCUT2D eigenvalue weighted by Crippen LogP contribution is 1.99. The van der Waals surface area contributed by atoms with Gasteiger partial charge in [0.1, 0.15) is 0 Å². The van der Waals surface area contributed by atoms with E-state index < -0.39 is 0 Å². The third-order valence-corrected chi connectivity index (χ3v) is 2.97. The summed E-state index contributed by atoms with van der Waals surface area (Å²) in [5, 5.41) is 11.1. The number of rotatable bonds is 3. The van der Waals surface area contributed by atoms with Crippen molar-refractivity contribution in [2.24, 2.45) is 0 Å². The second-order valence-electron chi connectivity index (χ2n) is 2.79. The van der Waals surface area contributed by atoms with Crippen molar-refractivity contribution < 1.29 is 4.79 Å². The second kappa shape index (κ2) is 5.31. The standard InChI is InChI=1S/C8H12BrN3OS/c1-6-5-12(7(10)14-6)8(13)11-4-2-3-9/h5,10H,2-4H2,1H3,(H,11,13). The highest BCUT2D eigenvalue weighted by atomic mass is 79.9. The van der Waals surface area contributed by atoms with Gasteiger partial charge in [-0.1, -0.05) is 15.9 Å². The molecule has 0 aliphatic heterocycles. The zero-order valence-electron chi connectivity index (χ0n) is 7.84. The van der Waals surface area contributed by atoms with Crippen LogP contribution in [-0.4, -0.2) is 22.5 Å². The van der Waals surface area contributed by atoms with Gasteiger partial charge in [-0.2, -0.15) is 0 Å². The maximum atomic E-state index is 11.5. The molecule has 0 fully saturated rings. The van der Waals surface area contributed by atoms with Crippen molar-refractivity contribution in [2.45, 2.75) is 13.3 Å². The molecule has 0 atom stereocenters. The molecular weight excluding hydrogens is 266 g/mol. The molecule has 0 aliphatic carbocycles. The Balaban J connectivity index is 2.61. The lowest BCUT2D eigenvalue weighted by molar-refractivity contribution is 0.241. The number of carbonyl (C=O) groups excluding carboxylic acids is 1. The predicted molar refractivity (Wildman–Crippen MR) is 60.1 cm³/mol. The highest BCUT2D eigenvalue weighted by Gasteiger charge is 2.05. The van der Waals surface area contributed by atoms with Gasteiger partial charge in [-0.3, -0.25) is 5.41 Å². The van der Waals surface area contributed by atoms with Crippen LogP contribution in [0.25, 0.3) is 0 Å². The number of nitrogens with one attached hydrogen (secondary N) is 2.